The number of nitrogens with zero attached hydrogens (tertiary/aromatic N) is 3. The number of hydrogen-bond acceptors (Lipinski definition) is 3. The Morgan fingerprint density at radius 2 is 1.46 bits per heavy atom. The van der Waals surface area contributed by atoms with Gasteiger partial charge in [0.05, 0.1) is 5.92 Å². The van der Waals surface area contributed by atoms with Crippen LogP contribution in [0, 0.1) is 11.8 Å². The summed E-state index contributed by atoms with van der Waals surface area (Å²) in [4.78, 5) is 42.6. The number of piperazine rings is 1. The largest absolute Gasteiger partial charge is 0.342 e. The predicted molar refractivity (Wildman–Crippen MR) is 90.1 cm³/mol. The number of carbonyl (C=O) groups is 3. The maximum absolute atomic E-state index is 12.6. The third-order valence-electron chi connectivity index (χ3n) is 5.80. The van der Waals surface area contributed by atoms with Gasteiger partial charge in [0.25, 0.3) is 0 Å². The Labute approximate surface area is 144 Å². The lowest BCUT2D eigenvalue weighted by molar-refractivity contribution is -0.144. The van der Waals surface area contributed by atoms with Gasteiger partial charge in [-0.25, -0.2) is 0 Å². The van der Waals surface area contributed by atoms with Gasteiger partial charge in [0.1, 0.15) is 0 Å². The lowest BCUT2D eigenvalue weighted by atomic mass is 9.88. The molecule has 3 aliphatic rings. The second-order valence-corrected chi connectivity index (χ2v) is 7.32. The number of rotatable bonds is 3. The highest BCUT2D eigenvalue weighted by atomic mass is 16.2. The average molecular weight is 335 g/mol. The number of carbonyl (C=O) groups excluding carboxylic acids is 3. The average Bonchev–Trinajstić information content (AvgIpc) is 3.02. The summed E-state index contributed by atoms with van der Waals surface area (Å²) in [6, 6.07) is 0. The Kier molecular flexibility index (Phi) is 5.41. The van der Waals surface area contributed by atoms with Crippen LogP contribution in [0.3, 0.4) is 0 Å². The molecular weight excluding hydrogens is 306 g/mol. The summed E-state index contributed by atoms with van der Waals surface area (Å²) < 4.78 is 0. The van der Waals surface area contributed by atoms with Crippen LogP contribution < -0.4 is 0 Å². The Bertz CT molecular complexity index is 494. The quantitative estimate of drug-likeness (QED) is 0.776. The standard InChI is InChI=1S/C18H29N3O3/c1-2-19-13-15(12-16(19)22)18(24)21-10-8-20(9-11-21)17(23)14-6-4-3-5-7-14/h14-15H,2-13H2,1H3. The highest BCUT2D eigenvalue weighted by Crippen LogP contribution is 2.26. The van der Waals surface area contributed by atoms with Crippen molar-refractivity contribution < 1.29 is 14.4 Å². The van der Waals surface area contributed by atoms with Crippen LogP contribution in [-0.2, 0) is 14.4 Å². The van der Waals surface area contributed by atoms with E-state index in [0.717, 1.165) is 12.8 Å². The van der Waals surface area contributed by atoms with Gasteiger partial charge in [0, 0.05) is 51.6 Å². The molecule has 3 fully saturated rings. The summed E-state index contributed by atoms with van der Waals surface area (Å²) >= 11 is 0. The van der Waals surface area contributed by atoms with Crippen LogP contribution in [0.4, 0.5) is 0 Å². The molecule has 0 aromatic rings. The number of amides is 3. The van der Waals surface area contributed by atoms with Gasteiger partial charge in [-0.1, -0.05) is 19.3 Å². The van der Waals surface area contributed by atoms with E-state index >= 15 is 0 Å². The molecule has 2 saturated heterocycles. The zero-order valence-electron chi connectivity index (χ0n) is 14.7. The Morgan fingerprint density at radius 1 is 0.917 bits per heavy atom. The van der Waals surface area contributed by atoms with Gasteiger partial charge in [0.2, 0.25) is 17.7 Å². The molecule has 0 bridgehead atoms. The van der Waals surface area contributed by atoms with E-state index in [0.29, 0.717) is 45.7 Å². The van der Waals surface area contributed by atoms with Gasteiger partial charge in [-0.3, -0.25) is 14.4 Å². The van der Waals surface area contributed by atoms with Crippen LogP contribution in [0.5, 0.6) is 0 Å². The molecule has 0 aromatic carbocycles. The van der Waals surface area contributed by atoms with E-state index in [9.17, 15) is 14.4 Å². The van der Waals surface area contributed by atoms with Gasteiger partial charge < -0.3 is 14.7 Å². The van der Waals surface area contributed by atoms with Gasteiger partial charge in [-0.2, -0.15) is 0 Å². The molecule has 6 nitrogen and oxygen atoms in total. The third-order valence-corrected chi connectivity index (χ3v) is 5.80. The van der Waals surface area contributed by atoms with E-state index in [-0.39, 0.29) is 29.6 Å². The molecule has 1 aliphatic carbocycles. The van der Waals surface area contributed by atoms with Crippen molar-refractivity contribution in [2.75, 3.05) is 39.3 Å². The number of hydrogen-bond donors (Lipinski definition) is 0. The number of likely N-dealkylation sites (tertiary alicyclic amines) is 1. The molecule has 1 unspecified atom stereocenters. The summed E-state index contributed by atoms with van der Waals surface area (Å²) in [5.41, 5.74) is 0. The molecule has 2 aliphatic heterocycles. The molecule has 0 aromatic heterocycles. The molecule has 24 heavy (non-hydrogen) atoms. The maximum atomic E-state index is 12.6. The lowest BCUT2D eigenvalue weighted by Gasteiger charge is -2.38. The molecule has 0 radical (unpaired) electrons. The molecule has 3 amide bonds. The van der Waals surface area contributed by atoms with Crippen LogP contribution in [-0.4, -0.2) is 71.7 Å². The van der Waals surface area contributed by atoms with E-state index < -0.39 is 0 Å². The molecule has 1 saturated carbocycles. The SMILES string of the molecule is CCN1CC(C(=O)N2CCN(C(=O)C3CCCCC3)CC2)CC1=O. The third kappa shape index (κ3) is 3.57. The van der Waals surface area contributed by atoms with Crippen LogP contribution in [0.1, 0.15) is 45.4 Å². The molecule has 3 rings (SSSR count). The molecule has 0 spiro atoms. The zero-order valence-corrected chi connectivity index (χ0v) is 14.7. The van der Waals surface area contributed by atoms with Crippen molar-refractivity contribution in [3.8, 4) is 0 Å². The first kappa shape index (κ1) is 17.2. The predicted octanol–water partition coefficient (Wildman–Crippen LogP) is 1.11. The van der Waals surface area contributed by atoms with Gasteiger partial charge >= 0.3 is 0 Å². The van der Waals surface area contributed by atoms with Gasteiger partial charge in [0.15, 0.2) is 0 Å². The first-order valence-corrected chi connectivity index (χ1v) is 9.45. The van der Waals surface area contributed by atoms with Crippen LogP contribution in [0.25, 0.3) is 0 Å². The molecule has 1 atom stereocenters. The van der Waals surface area contributed by atoms with E-state index in [4.69, 9.17) is 0 Å². The minimum Gasteiger partial charge on any atom is -0.342 e. The van der Waals surface area contributed by atoms with Crippen LogP contribution in [0.2, 0.25) is 0 Å². The van der Waals surface area contributed by atoms with E-state index in [1.165, 1.54) is 19.3 Å². The second-order valence-electron chi connectivity index (χ2n) is 7.32. The van der Waals surface area contributed by atoms with Crippen molar-refractivity contribution in [3.05, 3.63) is 0 Å². The van der Waals surface area contributed by atoms with Crippen LogP contribution in [0.15, 0.2) is 0 Å². The molecule has 134 valence electrons. The molecule has 0 N–H and O–H groups in total. The summed E-state index contributed by atoms with van der Waals surface area (Å²) in [5, 5.41) is 0. The Hall–Kier alpha value is -1.59. The van der Waals surface area contributed by atoms with Gasteiger partial charge in [-0.15, -0.1) is 0 Å². The van der Waals surface area contributed by atoms with Crippen molar-refractivity contribution >= 4 is 17.7 Å². The van der Waals surface area contributed by atoms with E-state index in [1.807, 2.05) is 16.7 Å². The smallest absolute Gasteiger partial charge is 0.228 e. The first-order chi connectivity index (χ1) is 11.6. The van der Waals surface area contributed by atoms with Crippen molar-refractivity contribution in [2.45, 2.75) is 45.4 Å². The normalized spacial score (nSPS) is 26.1. The van der Waals surface area contributed by atoms with Crippen LogP contribution >= 0.6 is 0 Å². The summed E-state index contributed by atoms with van der Waals surface area (Å²) in [6.07, 6.45) is 5.97. The highest BCUT2D eigenvalue weighted by molar-refractivity contribution is 5.89. The topological polar surface area (TPSA) is 60.9 Å². The van der Waals surface area contributed by atoms with E-state index in [1.54, 1.807) is 4.90 Å². The van der Waals surface area contributed by atoms with E-state index in [2.05, 4.69) is 0 Å². The summed E-state index contributed by atoms with van der Waals surface area (Å²) in [7, 11) is 0. The Balaban J connectivity index is 1.49. The second kappa shape index (κ2) is 7.53. The molecule has 2 heterocycles. The van der Waals surface area contributed by atoms with Gasteiger partial charge in [-0.05, 0) is 19.8 Å². The fourth-order valence-electron chi connectivity index (χ4n) is 4.26. The van der Waals surface area contributed by atoms with Crippen molar-refractivity contribution in [1.82, 2.24) is 14.7 Å². The lowest BCUT2D eigenvalue weighted by Crippen LogP contribution is -2.53. The first-order valence-electron chi connectivity index (χ1n) is 9.45. The summed E-state index contributed by atoms with van der Waals surface area (Å²) in [5.74, 6) is 0.464. The highest BCUT2D eigenvalue weighted by Gasteiger charge is 2.37. The fraction of sp³-hybridized carbons (Fsp3) is 0.833. The maximum Gasteiger partial charge on any atom is 0.228 e. The fourth-order valence-corrected chi connectivity index (χ4v) is 4.26. The van der Waals surface area contributed by atoms with Crippen molar-refractivity contribution in [3.63, 3.8) is 0 Å². The minimum absolute atomic E-state index is 0.0852. The summed E-state index contributed by atoms with van der Waals surface area (Å²) in [6.45, 7) is 5.66. The van der Waals surface area contributed by atoms with Crippen molar-refractivity contribution in [2.24, 2.45) is 11.8 Å². The monoisotopic (exact) mass is 335 g/mol. The minimum atomic E-state index is -0.196. The van der Waals surface area contributed by atoms with Crippen molar-refractivity contribution in [1.29, 1.82) is 0 Å². The molecule has 6 heteroatoms. The zero-order chi connectivity index (χ0) is 17.1. The Morgan fingerprint density at radius 3 is 1.96 bits per heavy atom. The molecular formula is C18H29N3O3.